The molecule has 1 aliphatic heterocycles. The SMILES string of the molecule is CC(C)C(C)(C#N)NC(=O)CN1CCCN(C(=O)c2ccccc2Cl)CC1. The number of hydrogen-bond acceptors (Lipinski definition) is 4. The number of halogens is 1. The quantitative estimate of drug-likeness (QED) is 0.838. The number of carbonyl (C=O) groups is 2. The molecule has 0 radical (unpaired) electrons. The molecular formula is C20H27ClN4O2. The Bertz CT molecular complexity index is 731. The molecule has 1 aromatic carbocycles. The number of carbonyl (C=O) groups excluding carboxylic acids is 2. The van der Waals surface area contributed by atoms with E-state index in [0.29, 0.717) is 30.2 Å². The van der Waals surface area contributed by atoms with Crippen LogP contribution in [0.2, 0.25) is 5.02 Å². The van der Waals surface area contributed by atoms with Gasteiger partial charge in [-0.15, -0.1) is 0 Å². The molecule has 1 aromatic rings. The largest absolute Gasteiger partial charge is 0.337 e. The van der Waals surface area contributed by atoms with Crippen molar-refractivity contribution in [1.29, 1.82) is 5.26 Å². The highest BCUT2D eigenvalue weighted by molar-refractivity contribution is 6.33. The third-order valence-corrected chi connectivity index (χ3v) is 5.46. The van der Waals surface area contributed by atoms with Crippen molar-refractivity contribution >= 4 is 23.4 Å². The normalized spacial score (nSPS) is 17.7. The van der Waals surface area contributed by atoms with Gasteiger partial charge in [-0.05, 0) is 31.4 Å². The van der Waals surface area contributed by atoms with Gasteiger partial charge in [0, 0.05) is 26.2 Å². The molecule has 1 aliphatic rings. The van der Waals surface area contributed by atoms with Crippen molar-refractivity contribution in [3.8, 4) is 6.07 Å². The fourth-order valence-electron chi connectivity index (χ4n) is 2.97. The standard InChI is InChI=1S/C20H27ClN4O2/c1-15(2)20(3,14-22)23-18(26)13-24-9-6-10-25(12-11-24)19(27)16-7-4-5-8-17(16)21/h4-5,7-8,15H,6,9-13H2,1-3H3,(H,23,26). The van der Waals surface area contributed by atoms with E-state index < -0.39 is 5.54 Å². The lowest BCUT2D eigenvalue weighted by molar-refractivity contribution is -0.123. The molecule has 0 bridgehead atoms. The van der Waals surface area contributed by atoms with Crippen LogP contribution in [0.3, 0.4) is 0 Å². The van der Waals surface area contributed by atoms with Crippen LogP contribution in [0.4, 0.5) is 0 Å². The van der Waals surface area contributed by atoms with E-state index in [0.717, 1.165) is 13.0 Å². The van der Waals surface area contributed by atoms with Gasteiger partial charge in [-0.25, -0.2) is 0 Å². The molecule has 0 saturated carbocycles. The Morgan fingerprint density at radius 2 is 1.96 bits per heavy atom. The van der Waals surface area contributed by atoms with Crippen LogP contribution < -0.4 is 5.32 Å². The van der Waals surface area contributed by atoms with Gasteiger partial charge in [0.2, 0.25) is 5.91 Å². The molecule has 1 heterocycles. The van der Waals surface area contributed by atoms with Gasteiger partial charge in [0.25, 0.3) is 5.91 Å². The molecule has 1 unspecified atom stereocenters. The highest BCUT2D eigenvalue weighted by Gasteiger charge is 2.31. The molecule has 2 rings (SSSR count). The second kappa shape index (κ2) is 9.20. The van der Waals surface area contributed by atoms with Crippen molar-refractivity contribution in [2.45, 2.75) is 32.7 Å². The van der Waals surface area contributed by atoms with Crippen molar-refractivity contribution in [2.24, 2.45) is 5.92 Å². The number of nitriles is 1. The summed E-state index contributed by atoms with van der Waals surface area (Å²) in [4.78, 5) is 28.9. The van der Waals surface area contributed by atoms with Crippen molar-refractivity contribution < 1.29 is 9.59 Å². The van der Waals surface area contributed by atoms with Crippen LogP contribution in [0.5, 0.6) is 0 Å². The Morgan fingerprint density at radius 3 is 2.59 bits per heavy atom. The Morgan fingerprint density at radius 1 is 1.26 bits per heavy atom. The minimum absolute atomic E-state index is 0.0133. The second-order valence-electron chi connectivity index (χ2n) is 7.42. The maximum Gasteiger partial charge on any atom is 0.255 e. The second-order valence-corrected chi connectivity index (χ2v) is 7.83. The lowest BCUT2D eigenvalue weighted by Crippen LogP contribution is -2.52. The van der Waals surface area contributed by atoms with Crippen molar-refractivity contribution in [2.75, 3.05) is 32.7 Å². The summed E-state index contributed by atoms with van der Waals surface area (Å²) in [6.45, 7) is 8.28. The van der Waals surface area contributed by atoms with Crippen LogP contribution in [-0.2, 0) is 4.79 Å². The average molecular weight is 391 g/mol. The molecule has 1 fully saturated rings. The maximum absolute atomic E-state index is 12.7. The molecule has 1 saturated heterocycles. The molecule has 146 valence electrons. The van der Waals surface area contributed by atoms with Crippen LogP contribution in [-0.4, -0.2) is 59.9 Å². The van der Waals surface area contributed by atoms with E-state index >= 15 is 0 Å². The number of rotatable bonds is 5. The molecular weight excluding hydrogens is 364 g/mol. The van der Waals surface area contributed by atoms with Gasteiger partial charge in [-0.3, -0.25) is 14.5 Å². The van der Waals surface area contributed by atoms with Gasteiger partial charge in [0.05, 0.1) is 23.2 Å². The molecule has 7 heteroatoms. The first kappa shape index (κ1) is 21.2. The summed E-state index contributed by atoms with van der Waals surface area (Å²) < 4.78 is 0. The van der Waals surface area contributed by atoms with Gasteiger partial charge in [-0.2, -0.15) is 5.26 Å². The van der Waals surface area contributed by atoms with E-state index in [2.05, 4.69) is 11.4 Å². The van der Waals surface area contributed by atoms with E-state index in [1.54, 1.807) is 36.1 Å². The summed E-state index contributed by atoms with van der Waals surface area (Å²) >= 11 is 6.14. The summed E-state index contributed by atoms with van der Waals surface area (Å²) in [6.07, 6.45) is 0.781. The first-order valence-corrected chi connectivity index (χ1v) is 9.63. The predicted molar refractivity (Wildman–Crippen MR) is 105 cm³/mol. The van der Waals surface area contributed by atoms with Crippen molar-refractivity contribution in [3.05, 3.63) is 34.9 Å². The summed E-state index contributed by atoms with van der Waals surface area (Å²) in [5.74, 6) is -0.235. The molecule has 27 heavy (non-hydrogen) atoms. The topological polar surface area (TPSA) is 76.4 Å². The lowest BCUT2D eigenvalue weighted by atomic mass is 9.90. The maximum atomic E-state index is 12.7. The van der Waals surface area contributed by atoms with Crippen molar-refractivity contribution in [1.82, 2.24) is 15.1 Å². The highest BCUT2D eigenvalue weighted by atomic mass is 35.5. The number of nitrogens with zero attached hydrogens (tertiary/aromatic N) is 3. The summed E-state index contributed by atoms with van der Waals surface area (Å²) in [6, 6.07) is 9.23. The van der Waals surface area contributed by atoms with Gasteiger partial charge >= 0.3 is 0 Å². The smallest absolute Gasteiger partial charge is 0.255 e. The van der Waals surface area contributed by atoms with Crippen LogP contribution >= 0.6 is 11.6 Å². The van der Waals surface area contributed by atoms with Gasteiger partial charge in [-0.1, -0.05) is 37.6 Å². The number of benzene rings is 1. The first-order valence-electron chi connectivity index (χ1n) is 9.25. The number of amides is 2. The Balaban J connectivity index is 1.93. The average Bonchev–Trinajstić information content (AvgIpc) is 2.86. The number of hydrogen-bond donors (Lipinski definition) is 1. The molecule has 0 aliphatic carbocycles. The number of nitrogens with one attached hydrogen (secondary N) is 1. The summed E-state index contributed by atoms with van der Waals surface area (Å²) in [7, 11) is 0. The van der Waals surface area contributed by atoms with Crippen LogP contribution in [0.1, 0.15) is 37.6 Å². The zero-order chi connectivity index (χ0) is 20.0. The molecule has 2 amide bonds. The van der Waals surface area contributed by atoms with E-state index in [1.165, 1.54) is 0 Å². The third-order valence-electron chi connectivity index (χ3n) is 5.13. The molecule has 6 nitrogen and oxygen atoms in total. The zero-order valence-corrected chi connectivity index (χ0v) is 16.9. The summed E-state index contributed by atoms with van der Waals surface area (Å²) in [5, 5.41) is 12.6. The fraction of sp³-hybridized carbons (Fsp3) is 0.550. The lowest BCUT2D eigenvalue weighted by Gasteiger charge is -2.29. The van der Waals surface area contributed by atoms with Gasteiger partial charge < -0.3 is 10.2 Å². The van der Waals surface area contributed by atoms with Gasteiger partial charge in [0.1, 0.15) is 5.54 Å². The Hall–Kier alpha value is -2.10. The van der Waals surface area contributed by atoms with E-state index in [4.69, 9.17) is 11.6 Å². The molecule has 0 aromatic heterocycles. The fourth-order valence-corrected chi connectivity index (χ4v) is 3.19. The van der Waals surface area contributed by atoms with Crippen molar-refractivity contribution in [3.63, 3.8) is 0 Å². The van der Waals surface area contributed by atoms with Gasteiger partial charge in [0.15, 0.2) is 0 Å². The molecule has 0 spiro atoms. The predicted octanol–water partition coefficient (Wildman–Crippen LogP) is 2.54. The monoisotopic (exact) mass is 390 g/mol. The van der Waals surface area contributed by atoms with E-state index in [1.807, 2.05) is 18.7 Å². The molecule has 1 N–H and O–H groups in total. The van der Waals surface area contributed by atoms with Crippen LogP contribution in [0, 0.1) is 17.2 Å². The minimum atomic E-state index is -0.880. The third kappa shape index (κ3) is 5.44. The van der Waals surface area contributed by atoms with Crippen LogP contribution in [0.25, 0.3) is 0 Å². The van der Waals surface area contributed by atoms with Crippen LogP contribution in [0.15, 0.2) is 24.3 Å². The first-order chi connectivity index (χ1) is 12.8. The zero-order valence-electron chi connectivity index (χ0n) is 16.2. The molecule has 1 atom stereocenters. The van der Waals surface area contributed by atoms with E-state index in [-0.39, 0.29) is 24.3 Å². The Kier molecular flexibility index (Phi) is 7.23. The Labute approximate surface area is 166 Å². The minimum Gasteiger partial charge on any atom is -0.337 e. The highest BCUT2D eigenvalue weighted by Crippen LogP contribution is 2.18. The summed E-state index contributed by atoms with van der Waals surface area (Å²) in [5.41, 5.74) is -0.373. The van der Waals surface area contributed by atoms with E-state index in [9.17, 15) is 14.9 Å².